The van der Waals surface area contributed by atoms with E-state index in [9.17, 15) is 9.59 Å². The van der Waals surface area contributed by atoms with E-state index in [1.54, 1.807) is 6.92 Å². The van der Waals surface area contributed by atoms with Crippen LogP contribution in [0.25, 0.3) is 5.69 Å². The number of esters is 1. The molecule has 5 heteroatoms. The van der Waals surface area contributed by atoms with Crippen molar-refractivity contribution in [1.82, 2.24) is 4.57 Å². The first kappa shape index (κ1) is 15.8. The van der Waals surface area contributed by atoms with Crippen LogP contribution >= 0.6 is 0 Å². The van der Waals surface area contributed by atoms with Gasteiger partial charge in [0.15, 0.2) is 0 Å². The predicted octanol–water partition coefficient (Wildman–Crippen LogP) is 2.83. The lowest BCUT2D eigenvalue weighted by Crippen LogP contribution is -2.19. The molecule has 1 N–H and O–H groups in total. The maximum absolute atomic E-state index is 12.1. The third-order valence-electron chi connectivity index (χ3n) is 3.00. The quantitative estimate of drug-likeness (QED) is 0.863. The number of aromatic nitrogens is 1. The summed E-state index contributed by atoms with van der Waals surface area (Å²) in [6.07, 6.45) is 1.51. The lowest BCUT2D eigenvalue weighted by Gasteiger charge is -2.13. The van der Waals surface area contributed by atoms with Gasteiger partial charge in [-0.3, -0.25) is 9.36 Å². The molecule has 1 aromatic heterocycles. The van der Waals surface area contributed by atoms with E-state index in [1.165, 1.54) is 22.9 Å². The fourth-order valence-corrected chi connectivity index (χ4v) is 2.10. The Bertz CT molecular complexity index is 720. The van der Waals surface area contributed by atoms with Crippen LogP contribution < -0.4 is 10.9 Å². The van der Waals surface area contributed by atoms with Gasteiger partial charge in [0.2, 0.25) is 0 Å². The molecule has 0 aliphatic rings. The zero-order valence-corrected chi connectivity index (χ0v) is 13.0. The van der Waals surface area contributed by atoms with Crippen molar-refractivity contribution in [1.29, 1.82) is 0 Å². The first-order valence-electron chi connectivity index (χ1n) is 7.28. The molecule has 116 valence electrons. The van der Waals surface area contributed by atoms with Crippen LogP contribution in [0.15, 0.2) is 47.4 Å². The smallest absolute Gasteiger partial charge is 0.339 e. The number of hydrogen-bond donors (Lipinski definition) is 1. The summed E-state index contributed by atoms with van der Waals surface area (Å²) in [5.41, 5.74) is 1.76. The van der Waals surface area contributed by atoms with Crippen molar-refractivity contribution in [2.45, 2.75) is 26.8 Å². The maximum Gasteiger partial charge on any atom is 0.339 e. The number of rotatable bonds is 5. The molecule has 0 amide bonds. The summed E-state index contributed by atoms with van der Waals surface area (Å²) in [7, 11) is 0. The normalized spacial score (nSPS) is 10.5. The minimum atomic E-state index is -0.437. The van der Waals surface area contributed by atoms with E-state index < -0.39 is 5.97 Å². The van der Waals surface area contributed by atoms with Crippen molar-refractivity contribution in [2.24, 2.45) is 0 Å². The summed E-state index contributed by atoms with van der Waals surface area (Å²) < 4.78 is 6.41. The second-order valence-corrected chi connectivity index (χ2v) is 5.20. The van der Waals surface area contributed by atoms with Gasteiger partial charge in [0.05, 0.1) is 17.9 Å². The molecule has 0 fully saturated rings. The summed E-state index contributed by atoms with van der Waals surface area (Å²) in [6.45, 7) is 6.13. The van der Waals surface area contributed by atoms with Gasteiger partial charge in [-0.25, -0.2) is 4.79 Å². The molecule has 0 spiro atoms. The molecule has 0 unspecified atom stereocenters. The second-order valence-electron chi connectivity index (χ2n) is 5.20. The third-order valence-corrected chi connectivity index (χ3v) is 3.00. The largest absolute Gasteiger partial charge is 0.462 e. The van der Waals surface area contributed by atoms with Gasteiger partial charge in [-0.05, 0) is 45.0 Å². The SMILES string of the molecule is CCOC(=O)c1ccc(=O)n(-c2cccc(NC(C)C)c2)c1. The molecule has 2 rings (SSSR count). The molecule has 22 heavy (non-hydrogen) atoms. The Kier molecular flexibility index (Phi) is 4.99. The zero-order valence-electron chi connectivity index (χ0n) is 13.0. The minimum Gasteiger partial charge on any atom is -0.462 e. The minimum absolute atomic E-state index is 0.199. The van der Waals surface area contributed by atoms with E-state index in [-0.39, 0.29) is 11.6 Å². The fourth-order valence-electron chi connectivity index (χ4n) is 2.10. The van der Waals surface area contributed by atoms with Gasteiger partial charge in [-0.2, -0.15) is 0 Å². The van der Waals surface area contributed by atoms with Gasteiger partial charge >= 0.3 is 5.97 Å². The number of ether oxygens (including phenoxy) is 1. The molecule has 0 saturated heterocycles. The number of anilines is 1. The maximum atomic E-state index is 12.1. The molecule has 0 radical (unpaired) electrons. The van der Waals surface area contributed by atoms with Crippen LogP contribution in [0.2, 0.25) is 0 Å². The van der Waals surface area contributed by atoms with Gasteiger partial charge in [0, 0.05) is 24.0 Å². The summed E-state index contributed by atoms with van der Waals surface area (Å²) in [5, 5.41) is 3.29. The van der Waals surface area contributed by atoms with E-state index in [1.807, 2.05) is 38.1 Å². The molecule has 0 saturated carbocycles. The molecular weight excluding hydrogens is 280 g/mol. The molecule has 0 bridgehead atoms. The average Bonchev–Trinajstić information content (AvgIpc) is 2.47. The number of nitrogens with zero attached hydrogens (tertiary/aromatic N) is 1. The number of carbonyl (C=O) groups is 1. The van der Waals surface area contributed by atoms with Crippen LogP contribution in [0.3, 0.4) is 0 Å². The average molecular weight is 300 g/mol. The van der Waals surface area contributed by atoms with Crippen molar-refractivity contribution < 1.29 is 9.53 Å². The monoisotopic (exact) mass is 300 g/mol. The Morgan fingerprint density at radius 3 is 2.73 bits per heavy atom. The van der Waals surface area contributed by atoms with Crippen LogP contribution in [0, 0.1) is 0 Å². The summed E-state index contributed by atoms with van der Waals surface area (Å²) in [5.74, 6) is -0.437. The van der Waals surface area contributed by atoms with Crippen LogP contribution in [0.1, 0.15) is 31.1 Å². The molecule has 0 aliphatic carbocycles. The molecule has 0 atom stereocenters. The lowest BCUT2D eigenvalue weighted by atomic mass is 10.2. The molecule has 2 aromatic rings. The van der Waals surface area contributed by atoms with Gasteiger partial charge in [0.1, 0.15) is 0 Å². The van der Waals surface area contributed by atoms with E-state index in [0.29, 0.717) is 17.9 Å². The number of carbonyl (C=O) groups excluding carboxylic acids is 1. The first-order valence-corrected chi connectivity index (χ1v) is 7.28. The van der Waals surface area contributed by atoms with E-state index in [0.717, 1.165) is 5.69 Å². The zero-order chi connectivity index (χ0) is 16.1. The van der Waals surface area contributed by atoms with Gasteiger partial charge in [0.25, 0.3) is 5.56 Å². The van der Waals surface area contributed by atoms with Crippen molar-refractivity contribution in [3.05, 3.63) is 58.5 Å². The highest BCUT2D eigenvalue weighted by atomic mass is 16.5. The van der Waals surface area contributed by atoms with Gasteiger partial charge in [-0.15, -0.1) is 0 Å². The number of nitrogens with one attached hydrogen (secondary N) is 1. The summed E-state index contributed by atoms with van der Waals surface area (Å²) in [4.78, 5) is 23.9. The molecular formula is C17H20N2O3. The summed E-state index contributed by atoms with van der Waals surface area (Å²) >= 11 is 0. The molecule has 1 aromatic carbocycles. The Balaban J connectivity index is 2.41. The standard InChI is InChI=1S/C17H20N2O3/c1-4-22-17(21)13-8-9-16(20)19(11-13)15-7-5-6-14(10-15)18-12(2)3/h5-12,18H,4H2,1-3H3. The van der Waals surface area contributed by atoms with E-state index >= 15 is 0 Å². The number of benzene rings is 1. The highest BCUT2D eigenvalue weighted by Crippen LogP contribution is 2.15. The Morgan fingerprint density at radius 2 is 2.05 bits per heavy atom. The molecule has 1 heterocycles. The van der Waals surface area contributed by atoms with E-state index in [2.05, 4.69) is 5.32 Å². The Morgan fingerprint density at radius 1 is 1.27 bits per heavy atom. The van der Waals surface area contributed by atoms with E-state index in [4.69, 9.17) is 4.74 Å². The highest BCUT2D eigenvalue weighted by molar-refractivity contribution is 5.89. The molecule has 5 nitrogen and oxygen atoms in total. The van der Waals surface area contributed by atoms with Crippen LogP contribution in [-0.4, -0.2) is 23.2 Å². The Hall–Kier alpha value is -2.56. The van der Waals surface area contributed by atoms with Gasteiger partial charge < -0.3 is 10.1 Å². The van der Waals surface area contributed by atoms with Crippen molar-refractivity contribution in [3.8, 4) is 5.69 Å². The fraction of sp³-hybridized carbons (Fsp3) is 0.294. The lowest BCUT2D eigenvalue weighted by molar-refractivity contribution is 0.0525. The number of hydrogen-bond acceptors (Lipinski definition) is 4. The van der Waals surface area contributed by atoms with Crippen LogP contribution in [0.5, 0.6) is 0 Å². The first-order chi connectivity index (χ1) is 10.5. The van der Waals surface area contributed by atoms with Gasteiger partial charge in [-0.1, -0.05) is 6.07 Å². The summed E-state index contributed by atoms with van der Waals surface area (Å²) in [6, 6.07) is 10.6. The van der Waals surface area contributed by atoms with Crippen LogP contribution in [0.4, 0.5) is 5.69 Å². The number of pyridine rings is 1. The van der Waals surface area contributed by atoms with Crippen LogP contribution in [-0.2, 0) is 4.74 Å². The predicted molar refractivity (Wildman–Crippen MR) is 86.8 cm³/mol. The van der Waals surface area contributed by atoms with Crippen molar-refractivity contribution in [3.63, 3.8) is 0 Å². The third kappa shape index (κ3) is 3.75. The van der Waals surface area contributed by atoms with Crippen molar-refractivity contribution in [2.75, 3.05) is 11.9 Å². The molecule has 0 aliphatic heterocycles. The van der Waals surface area contributed by atoms with Crippen molar-refractivity contribution >= 4 is 11.7 Å². The highest BCUT2D eigenvalue weighted by Gasteiger charge is 2.09. The second kappa shape index (κ2) is 6.93. The topological polar surface area (TPSA) is 60.3 Å². The Labute approximate surface area is 129 Å².